The highest BCUT2D eigenvalue weighted by Crippen LogP contribution is 2.43. The number of carbonyl (C=O) groups is 1. The topological polar surface area (TPSA) is 38.8 Å². The van der Waals surface area contributed by atoms with Gasteiger partial charge < -0.3 is 9.47 Å². The van der Waals surface area contributed by atoms with E-state index in [-0.39, 0.29) is 11.6 Å². The lowest BCUT2D eigenvalue weighted by atomic mass is 9.99. The quantitative estimate of drug-likeness (QED) is 0.502. The zero-order valence-corrected chi connectivity index (χ0v) is 18.2. The summed E-state index contributed by atoms with van der Waals surface area (Å²) in [5.74, 6) is 1.33. The van der Waals surface area contributed by atoms with Crippen LogP contribution >= 0.6 is 0 Å². The van der Waals surface area contributed by atoms with Gasteiger partial charge in [-0.25, -0.2) is 4.39 Å². The number of allylic oxidation sites excluding steroid dienone is 1. The zero-order valence-electron chi connectivity index (χ0n) is 18.2. The number of aryl methyl sites for hydroxylation is 1. The van der Waals surface area contributed by atoms with E-state index in [0.29, 0.717) is 36.9 Å². The van der Waals surface area contributed by atoms with Gasteiger partial charge in [-0.1, -0.05) is 43.3 Å². The molecule has 0 unspecified atom stereocenters. The van der Waals surface area contributed by atoms with Crippen molar-refractivity contribution in [1.82, 2.24) is 4.90 Å². The van der Waals surface area contributed by atoms with Crippen molar-refractivity contribution in [1.29, 1.82) is 0 Å². The number of halogens is 1. The van der Waals surface area contributed by atoms with Crippen LogP contribution in [0.25, 0.3) is 6.08 Å². The summed E-state index contributed by atoms with van der Waals surface area (Å²) < 4.78 is 25.2. The molecule has 0 atom stereocenters. The molecule has 0 radical (unpaired) electrons. The largest absolute Gasteiger partial charge is 0.477 e. The van der Waals surface area contributed by atoms with E-state index in [0.717, 1.165) is 34.4 Å². The second kappa shape index (κ2) is 8.24. The van der Waals surface area contributed by atoms with Crippen molar-refractivity contribution in [3.8, 4) is 11.5 Å². The molecule has 0 spiro atoms. The number of nitrogens with zero attached hydrogens (tertiary/aromatic N) is 1. The van der Waals surface area contributed by atoms with Crippen LogP contribution in [0.5, 0.6) is 11.5 Å². The van der Waals surface area contributed by atoms with Crippen molar-refractivity contribution in [2.24, 2.45) is 0 Å². The molecule has 3 aromatic carbocycles. The molecule has 0 fully saturated rings. The summed E-state index contributed by atoms with van der Waals surface area (Å²) in [6.07, 6.45) is 2.77. The lowest BCUT2D eigenvalue weighted by Crippen LogP contribution is -2.32. The fourth-order valence-electron chi connectivity index (χ4n) is 4.25. The van der Waals surface area contributed by atoms with Gasteiger partial charge in [-0.3, -0.25) is 9.69 Å². The average molecular weight is 429 g/mol. The second-order valence-corrected chi connectivity index (χ2v) is 8.29. The van der Waals surface area contributed by atoms with Crippen molar-refractivity contribution in [2.45, 2.75) is 33.4 Å². The van der Waals surface area contributed by atoms with Gasteiger partial charge in [0.05, 0.1) is 5.56 Å². The first-order valence-corrected chi connectivity index (χ1v) is 10.8. The molecular formula is C27H24FNO3. The van der Waals surface area contributed by atoms with Crippen LogP contribution in [0.3, 0.4) is 0 Å². The number of benzene rings is 3. The molecule has 2 heterocycles. The lowest BCUT2D eigenvalue weighted by Gasteiger charge is -2.30. The first kappa shape index (κ1) is 20.5. The van der Waals surface area contributed by atoms with Crippen LogP contribution < -0.4 is 9.47 Å². The van der Waals surface area contributed by atoms with Gasteiger partial charge in [-0.05, 0) is 54.3 Å². The summed E-state index contributed by atoms with van der Waals surface area (Å²) in [5, 5.41) is 0. The van der Waals surface area contributed by atoms with Crippen molar-refractivity contribution >= 4 is 11.9 Å². The van der Waals surface area contributed by atoms with E-state index in [1.54, 1.807) is 18.2 Å². The van der Waals surface area contributed by atoms with Gasteiger partial charge >= 0.3 is 0 Å². The van der Waals surface area contributed by atoms with E-state index in [1.807, 2.05) is 25.1 Å². The number of fused-ring (bicyclic) bond motifs is 2. The predicted molar refractivity (Wildman–Crippen MR) is 121 cm³/mol. The Hall–Kier alpha value is -3.44. The van der Waals surface area contributed by atoms with E-state index in [9.17, 15) is 9.18 Å². The fraction of sp³-hybridized carbons (Fsp3) is 0.222. The maximum atomic E-state index is 13.2. The average Bonchev–Trinajstić information content (AvgIpc) is 3.11. The summed E-state index contributed by atoms with van der Waals surface area (Å²) in [4.78, 5) is 15.2. The monoisotopic (exact) mass is 429 g/mol. The minimum atomic E-state index is -0.246. The number of Topliss-reactive ketones (excluding diaryl/α,β-unsaturated/α-hetero) is 1. The smallest absolute Gasteiger partial charge is 0.231 e. The van der Waals surface area contributed by atoms with E-state index in [1.165, 1.54) is 17.7 Å². The van der Waals surface area contributed by atoms with E-state index >= 15 is 0 Å². The van der Waals surface area contributed by atoms with Crippen LogP contribution in [0.2, 0.25) is 0 Å². The normalized spacial score (nSPS) is 16.5. The van der Waals surface area contributed by atoms with Gasteiger partial charge in [0.15, 0.2) is 5.76 Å². The molecule has 162 valence electrons. The fourth-order valence-corrected chi connectivity index (χ4v) is 4.25. The number of ketones is 1. The molecule has 0 bridgehead atoms. The summed E-state index contributed by atoms with van der Waals surface area (Å²) >= 11 is 0. The molecule has 4 nitrogen and oxygen atoms in total. The highest BCUT2D eigenvalue weighted by molar-refractivity contribution is 6.15. The molecule has 0 amide bonds. The first-order valence-electron chi connectivity index (χ1n) is 10.8. The van der Waals surface area contributed by atoms with Gasteiger partial charge in [0.1, 0.15) is 24.0 Å². The molecule has 0 N–H and O–H groups in total. The Morgan fingerprint density at radius 1 is 1.03 bits per heavy atom. The molecule has 3 aromatic rings. The molecule has 0 saturated heterocycles. The Morgan fingerprint density at radius 2 is 1.75 bits per heavy atom. The lowest BCUT2D eigenvalue weighted by molar-refractivity contribution is 0.0876. The highest BCUT2D eigenvalue weighted by atomic mass is 19.1. The molecular weight excluding hydrogens is 405 g/mol. The number of ether oxygens (including phenoxy) is 2. The highest BCUT2D eigenvalue weighted by Gasteiger charge is 2.33. The Balaban J connectivity index is 1.39. The number of hydrogen-bond acceptors (Lipinski definition) is 4. The van der Waals surface area contributed by atoms with Crippen molar-refractivity contribution in [3.63, 3.8) is 0 Å². The van der Waals surface area contributed by atoms with Gasteiger partial charge in [0.2, 0.25) is 5.78 Å². The standard InChI is InChI=1S/C27H24FNO3/c1-3-18-4-6-19(7-5-18)12-24-25(30)23-13-21-15-29(14-20-8-10-22(28)11-9-20)16-31-26(21)17(2)27(23)32-24/h4-13H,3,14-16H2,1-2H3/b24-12-. The third-order valence-corrected chi connectivity index (χ3v) is 6.01. The number of rotatable bonds is 4. The van der Waals surface area contributed by atoms with Crippen LogP contribution in [0.1, 0.15) is 45.1 Å². The Labute approximate surface area is 186 Å². The van der Waals surface area contributed by atoms with E-state index in [4.69, 9.17) is 9.47 Å². The number of carbonyl (C=O) groups excluding carboxylic acids is 1. The molecule has 0 aromatic heterocycles. The van der Waals surface area contributed by atoms with Crippen LogP contribution in [0.15, 0.2) is 60.4 Å². The van der Waals surface area contributed by atoms with Crippen molar-refractivity contribution in [2.75, 3.05) is 6.73 Å². The molecule has 32 heavy (non-hydrogen) atoms. The van der Waals surface area contributed by atoms with Gasteiger partial charge in [0.25, 0.3) is 0 Å². The van der Waals surface area contributed by atoms with E-state index < -0.39 is 0 Å². The summed E-state index contributed by atoms with van der Waals surface area (Å²) in [6.45, 7) is 5.75. The third kappa shape index (κ3) is 3.80. The Morgan fingerprint density at radius 3 is 2.47 bits per heavy atom. The van der Waals surface area contributed by atoms with Crippen LogP contribution in [0, 0.1) is 12.7 Å². The van der Waals surface area contributed by atoms with Crippen molar-refractivity contribution < 1.29 is 18.7 Å². The van der Waals surface area contributed by atoms with Gasteiger partial charge in [-0.2, -0.15) is 0 Å². The zero-order chi connectivity index (χ0) is 22.2. The van der Waals surface area contributed by atoms with Crippen LogP contribution in [-0.2, 0) is 19.5 Å². The van der Waals surface area contributed by atoms with Gasteiger partial charge in [-0.15, -0.1) is 0 Å². The van der Waals surface area contributed by atoms with E-state index in [2.05, 4.69) is 24.0 Å². The summed E-state index contributed by atoms with van der Waals surface area (Å²) in [5.41, 5.74) is 5.57. The second-order valence-electron chi connectivity index (χ2n) is 8.29. The first-order chi connectivity index (χ1) is 15.5. The number of hydrogen-bond donors (Lipinski definition) is 0. The molecule has 5 rings (SSSR count). The molecule has 2 aliphatic rings. The minimum absolute atomic E-state index is 0.110. The molecule has 2 aliphatic heterocycles. The predicted octanol–water partition coefficient (Wildman–Crippen LogP) is 5.66. The SMILES string of the molecule is CCc1ccc(/C=C2\Oc3c(cc4c(c3C)OCN(Cc3ccc(F)cc3)C4)C2=O)cc1. The maximum absolute atomic E-state index is 13.2. The Bertz CT molecular complexity index is 1210. The third-order valence-electron chi connectivity index (χ3n) is 6.01. The Kier molecular flexibility index (Phi) is 5.27. The molecule has 0 saturated carbocycles. The van der Waals surface area contributed by atoms with Crippen molar-refractivity contribution in [3.05, 3.63) is 99.6 Å². The van der Waals surface area contributed by atoms with Crippen LogP contribution in [0.4, 0.5) is 4.39 Å². The summed E-state index contributed by atoms with van der Waals surface area (Å²) in [7, 11) is 0. The molecule has 0 aliphatic carbocycles. The minimum Gasteiger partial charge on any atom is -0.477 e. The maximum Gasteiger partial charge on any atom is 0.231 e. The molecule has 5 heteroatoms. The van der Waals surface area contributed by atoms with Gasteiger partial charge in [0, 0.05) is 24.2 Å². The van der Waals surface area contributed by atoms with Crippen LogP contribution in [-0.4, -0.2) is 17.4 Å². The summed E-state index contributed by atoms with van der Waals surface area (Å²) in [6, 6.07) is 16.5.